The first-order valence-electron chi connectivity index (χ1n) is 23.1. The van der Waals surface area contributed by atoms with Gasteiger partial charge in [-0.05, 0) is 116 Å². The molecule has 11 atom stereocenters. The first-order chi connectivity index (χ1) is 31.3. The maximum absolute atomic E-state index is 14.4. The molecule has 5 aliphatic rings. The van der Waals surface area contributed by atoms with Crippen LogP contribution in [0, 0.1) is 23.7 Å². The molecule has 0 bridgehead atoms. The van der Waals surface area contributed by atoms with E-state index < -0.39 is 24.3 Å². The van der Waals surface area contributed by atoms with E-state index in [0.29, 0.717) is 24.7 Å². The summed E-state index contributed by atoms with van der Waals surface area (Å²) in [5.74, 6) is 1.85. The van der Waals surface area contributed by atoms with Gasteiger partial charge in [-0.25, -0.2) is 19.6 Å². The number of nitrogens with one attached hydrogen (secondary N) is 3. The van der Waals surface area contributed by atoms with Crippen molar-refractivity contribution in [2.75, 3.05) is 14.2 Å². The predicted octanol–water partition coefficient (Wildman–Crippen LogP) is 8.17. The van der Waals surface area contributed by atoms with E-state index in [-0.39, 0.29) is 60.0 Å². The van der Waals surface area contributed by atoms with Crippen molar-refractivity contribution in [2.45, 2.75) is 115 Å². The van der Waals surface area contributed by atoms with Crippen LogP contribution in [0.15, 0.2) is 73.1 Å². The number of piperidine rings is 2. The lowest BCUT2D eigenvalue weighted by molar-refractivity contribution is -0.140. The topological polar surface area (TPSA) is 186 Å². The molecule has 3 aliphatic heterocycles. The molecule has 5 fully saturated rings. The van der Waals surface area contributed by atoms with Gasteiger partial charge in [0.2, 0.25) is 11.8 Å². The third-order valence-corrected chi connectivity index (χ3v) is 14.8. The van der Waals surface area contributed by atoms with Crippen LogP contribution in [-0.2, 0) is 19.1 Å². The Kier molecular flexibility index (Phi) is 10.9. The SMILES string of the molecule is COC(=O)N[C@H](C(=O)N1C(c2ncc(-c3ccc(-c4ccc5cc(-c6cnc([C@@H]7C[C@H]8C[C@H]8N7C(=O)[C@H](C(C)C)N(C)C(=O)O)[nH]6)ccc5c4)cc3)[nH]2)C[C@H]2C[C@H]21)C1C[C@@H](C)O[C@@H](C)C1. The number of carboxylic acid groups (broad SMARTS) is 1. The molecular formula is C50H58N8O7. The quantitative estimate of drug-likeness (QED) is 0.102. The Morgan fingerprint density at radius 3 is 1.80 bits per heavy atom. The number of H-pyrrole nitrogens is 2. The number of ether oxygens (including phenoxy) is 2. The first-order valence-corrected chi connectivity index (χ1v) is 23.1. The number of aromatic amines is 2. The van der Waals surface area contributed by atoms with Gasteiger partial charge < -0.3 is 39.7 Å². The fourth-order valence-electron chi connectivity index (χ4n) is 11.4. The van der Waals surface area contributed by atoms with Crippen molar-refractivity contribution in [1.82, 2.24) is 40.0 Å². The number of imidazole rings is 2. The average Bonchev–Trinajstić information content (AvgIpc) is 3.87. The van der Waals surface area contributed by atoms with Gasteiger partial charge in [-0.1, -0.05) is 62.4 Å². The number of methoxy groups -OCH3 is 1. The molecule has 15 nitrogen and oxygen atoms in total. The van der Waals surface area contributed by atoms with Gasteiger partial charge >= 0.3 is 12.2 Å². The highest BCUT2D eigenvalue weighted by Gasteiger charge is 2.58. The van der Waals surface area contributed by atoms with Crippen LogP contribution in [0.1, 0.15) is 90.0 Å². The zero-order chi connectivity index (χ0) is 45.4. The number of rotatable bonds is 11. The maximum Gasteiger partial charge on any atom is 0.407 e. The number of amides is 4. The van der Waals surface area contributed by atoms with Crippen molar-refractivity contribution in [3.8, 4) is 33.6 Å². The van der Waals surface area contributed by atoms with E-state index in [1.807, 2.05) is 49.9 Å². The van der Waals surface area contributed by atoms with Crippen LogP contribution in [-0.4, -0.2) is 114 Å². The van der Waals surface area contributed by atoms with Crippen LogP contribution in [0.3, 0.4) is 0 Å². The van der Waals surface area contributed by atoms with Gasteiger partial charge in [-0.3, -0.25) is 14.5 Å². The van der Waals surface area contributed by atoms with Gasteiger partial charge in [0.25, 0.3) is 0 Å². The number of likely N-dealkylation sites (tertiary alicyclic amines) is 2. The summed E-state index contributed by atoms with van der Waals surface area (Å²) in [6, 6.07) is 19.6. The molecule has 2 unspecified atom stereocenters. The van der Waals surface area contributed by atoms with E-state index in [0.717, 1.165) is 86.6 Å². The number of benzene rings is 3. The van der Waals surface area contributed by atoms with Gasteiger partial charge in [0.15, 0.2) is 0 Å². The molecule has 65 heavy (non-hydrogen) atoms. The van der Waals surface area contributed by atoms with Gasteiger partial charge in [0.05, 0.1) is 55.2 Å². The molecule has 0 radical (unpaired) electrons. The van der Waals surface area contributed by atoms with Gasteiger partial charge in [-0.2, -0.15) is 0 Å². The second kappa shape index (κ2) is 16.6. The van der Waals surface area contributed by atoms with Gasteiger partial charge in [0, 0.05) is 24.7 Å². The summed E-state index contributed by atoms with van der Waals surface area (Å²) in [6.07, 6.45) is 6.83. The van der Waals surface area contributed by atoms with Crippen molar-refractivity contribution in [2.24, 2.45) is 23.7 Å². The van der Waals surface area contributed by atoms with Crippen LogP contribution in [0.4, 0.5) is 9.59 Å². The molecule has 10 rings (SSSR count). The normalized spacial score (nSPS) is 27.5. The monoisotopic (exact) mass is 882 g/mol. The molecule has 5 aromatic rings. The number of fused-ring (bicyclic) bond motifs is 3. The van der Waals surface area contributed by atoms with Crippen molar-refractivity contribution in [3.63, 3.8) is 0 Å². The van der Waals surface area contributed by atoms with Crippen LogP contribution in [0.25, 0.3) is 44.4 Å². The van der Waals surface area contributed by atoms with Gasteiger partial charge in [-0.15, -0.1) is 0 Å². The number of likely N-dealkylation sites (N-methyl/N-ethyl adjacent to an activating group) is 1. The van der Waals surface area contributed by atoms with Crippen LogP contribution in [0.5, 0.6) is 0 Å². The summed E-state index contributed by atoms with van der Waals surface area (Å²) in [5.41, 5.74) is 5.88. The lowest BCUT2D eigenvalue weighted by Gasteiger charge is -2.38. The molecule has 2 aromatic heterocycles. The number of carbonyl (C=O) groups is 4. The summed E-state index contributed by atoms with van der Waals surface area (Å²) in [6.45, 7) is 7.80. The highest BCUT2D eigenvalue weighted by Crippen LogP contribution is 2.55. The Balaban J connectivity index is 0.824. The minimum Gasteiger partial charge on any atom is -0.465 e. The van der Waals surface area contributed by atoms with E-state index in [4.69, 9.17) is 19.4 Å². The molecule has 4 N–H and O–H groups in total. The highest BCUT2D eigenvalue weighted by atomic mass is 16.5. The van der Waals surface area contributed by atoms with Crippen LogP contribution in [0.2, 0.25) is 0 Å². The van der Waals surface area contributed by atoms with Crippen LogP contribution < -0.4 is 5.32 Å². The summed E-state index contributed by atoms with van der Waals surface area (Å²) < 4.78 is 10.9. The standard InChI is InChI=1S/C50H58N8O7/c1-25(2)44(56(5)50(62)63)48(60)58-40-20-35(40)22-42(58)46-52-24-38(54-46)33-14-13-31-17-30(11-12-32(31)18-33)28-7-9-29(10-8-28)37-23-51-45(53-37)41-21-34-19-39(34)57(41)47(59)43(55-49(61)64-6)36-15-26(3)65-27(4)16-36/h7-14,17-18,23-27,34-36,39-44H,15-16,19-22H2,1-6H3,(H,51,53)(H,52,54)(H,55,61)(H,62,63)/t26-,27+,34-,35-,36?,39-,40-,41?,42+,43+,44+/m1/s1. The Morgan fingerprint density at radius 2 is 1.25 bits per heavy atom. The highest BCUT2D eigenvalue weighted by molar-refractivity contribution is 5.91. The summed E-state index contributed by atoms with van der Waals surface area (Å²) in [4.78, 5) is 74.4. The number of carbonyl (C=O) groups excluding carboxylic acids is 3. The Labute approximate surface area is 378 Å². The van der Waals surface area contributed by atoms with E-state index >= 15 is 0 Å². The van der Waals surface area contributed by atoms with Crippen LogP contribution >= 0.6 is 0 Å². The fraction of sp³-hybridized carbons (Fsp3) is 0.480. The lowest BCUT2D eigenvalue weighted by atomic mass is 9.85. The zero-order valence-electron chi connectivity index (χ0n) is 37.7. The zero-order valence-corrected chi connectivity index (χ0v) is 37.7. The molecule has 2 saturated carbocycles. The largest absolute Gasteiger partial charge is 0.465 e. The van der Waals surface area contributed by atoms with E-state index in [2.05, 4.69) is 75.9 Å². The minimum absolute atomic E-state index is 0.0122. The lowest BCUT2D eigenvalue weighted by Crippen LogP contribution is -2.55. The van der Waals surface area contributed by atoms with E-state index in [1.54, 1.807) is 0 Å². The third-order valence-electron chi connectivity index (χ3n) is 14.8. The summed E-state index contributed by atoms with van der Waals surface area (Å²) in [5, 5.41) is 14.8. The molecule has 3 aromatic carbocycles. The fourth-order valence-corrected chi connectivity index (χ4v) is 11.4. The molecule has 3 saturated heterocycles. The van der Waals surface area contributed by atoms with Crippen molar-refractivity contribution < 1.29 is 33.8 Å². The molecule has 340 valence electrons. The van der Waals surface area contributed by atoms with Crippen molar-refractivity contribution >= 4 is 34.8 Å². The predicted molar refractivity (Wildman–Crippen MR) is 243 cm³/mol. The molecule has 0 spiro atoms. The second-order valence-electron chi connectivity index (χ2n) is 19.5. The Hall–Kier alpha value is -6.22. The van der Waals surface area contributed by atoms with Gasteiger partial charge in [0.1, 0.15) is 23.7 Å². The second-order valence-corrected chi connectivity index (χ2v) is 19.5. The number of hydrogen-bond acceptors (Lipinski definition) is 8. The molecular weight excluding hydrogens is 825 g/mol. The van der Waals surface area contributed by atoms with Crippen molar-refractivity contribution in [3.05, 3.63) is 84.7 Å². The van der Waals surface area contributed by atoms with E-state index in [1.165, 1.54) is 14.2 Å². The number of hydrogen-bond donors (Lipinski definition) is 4. The smallest absolute Gasteiger partial charge is 0.407 e. The molecule has 4 amide bonds. The summed E-state index contributed by atoms with van der Waals surface area (Å²) in [7, 11) is 2.80. The molecule has 15 heteroatoms. The number of nitrogens with zero attached hydrogens (tertiary/aromatic N) is 5. The number of aromatic nitrogens is 4. The molecule has 2 aliphatic carbocycles. The molecule has 5 heterocycles. The Bertz CT molecular complexity index is 2630. The minimum atomic E-state index is -1.11. The van der Waals surface area contributed by atoms with E-state index in [9.17, 15) is 24.3 Å². The average molecular weight is 883 g/mol. The summed E-state index contributed by atoms with van der Waals surface area (Å²) >= 11 is 0. The van der Waals surface area contributed by atoms with Crippen molar-refractivity contribution in [1.29, 1.82) is 0 Å². The third kappa shape index (κ3) is 8.01. The number of alkyl carbamates (subject to hydrolysis) is 1. The maximum atomic E-state index is 14.4. The first kappa shape index (κ1) is 42.7. The Morgan fingerprint density at radius 1 is 0.738 bits per heavy atom.